The molecule has 0 radical (unpaired) electrons. The van der Waals surface area contributed by atoms with Gasteiger partial charge < -0.3 is 19.4 Å². The summed E-state index contributed by atoms with van der Waals surface area (Å²) in [5, 5.41) is 0. The summed E-state index contributed by atoms with van der Waals surface area (Å²) in [4.78, 5) is 26.6. The summed E-state index contributed by atoms with van der Waals surface area (Å²) in [7, 11) is 0. The van der Waals surface area contributed by atoms with Crippen molar-refractivity contribution in [3.8, 4) is 28.1 Å². The Morgan fingerprint density at radius 3 is 2.78 bits per heavy atom. The molecule has 1 amide bonds. The van der Waals surface area contributed by atoms with Gasteiger partial charge in [0.25, 0.3) is 0 Å². The molecule has 1 aliphatic heterocycles. The van der Waals surface area contributed by atoms with Crippen LogP contribution in [0.5, 0.6) is 5.75 Å². The van der Waals surface area contributed by atoms with Gasteiger partial charge in [-0.05, 0) is 57.9 Å². The van der Waals surface area contributed by atoms with Crippen LogP contribution in [0.25, 0.3) is 33.4 Å². The lowest BCUT2D eigenvalue weighted by molar-refractivity contribution is 0.0187. The quantitative estimate of drug-likeness (QED) is 0.361. The fourth-order valence-electron chi connectivity index (χ4n) is 4.61. The Kier molecular flexibility index (Phi) is 6.35. The average molecular weight is 489 g/mol. The fourth-order valence-corrected chi connectivity index (χ4v) is 4.61. The number of hydrogen-bond donors (Lipinski definition) is 1. The first-order valence-corrected chi connectivity index (χ1v) is 12.1. The topological polar surface area (TPSA) is 80.3 Å². The molecule has 0 saturated carbocycles. The highest BCUT2D eigenvalue weighted by Gasteiger charge is 2.33. The van der Waals surface area contributed by atoms with E-state index in [4.69, 9.17) is 9.47 Å². The highest BCUT2D eigenvalue weighted by molar-refractivity contribution is 6.02. The van der Waals surface area contributed by atoms with Gasteiger partial charge in [0.05, 0.1) is 29.0 Å². The molecule has 1 saturated heterocycles. The van der Waals surface area contributed by atoms with Crippen LogP contribution in [0.1, 0.15) is 33.6 Å². The number of nitrogens with zero attached hydrogens (tertiary/aromatic N) is 3. The van der Waals surface area contributed by atoms with E-state index in [1.807, 2.05) is 39.0 Å². The van der Waals surface area contributed by atoms with E-state index in [1.54, 1.807) is 41.7 Å². The van der Waals surface area contributed by atoms with E-state index in [0.717, 1.165) is 23.9 Å². The number of carbonyl (C=O) groups is 1. The van der Waals surface area contributed by atoms with Gasteiger partial charge in [-0.1, -0.05) is 18.2 Å². The van der Waals surface area contributed by atoms with Crippen LogP contribution in [-0.2, 0) is 4.74 Å². The van der Waals surface area contributed by atoms with E-state index in [0.29, 0.717) is 41.2 Å². The number of rotatable bonds is 5. The maximum atomic E-state index is 14.9. The largest absolute Gasteiger partial charge is 0.489 e. The van der Waals surface area contributed by atoms with Crippen molar-refractivity contribution >= 4 is 17.1 Å². The molecular formula is C28H29FN4O3. The van der Waals surface area contributed by atoms with Crippen molar-refractivity contribution < 1.29 is 18.7 Å². The lowest BCUT2D eigenvalue weighted by atomic mass is 10.00. The number of fused-ring (bicyclic) bond motifs is 1. The van der Waals surface area contributed by atoms with E-state index in [2.05, 4.69) is 15.0 Å². The summed E-state index contributed by atoms with van der Waals surface area (Å²) in [6.45, 7) is 6.50. The number of aromatic amines is 1. The number of aromatic nitrogens is 3. The number of hydrogen-bond acceptors (Lipinski definition) is 5. The third kappa shape index (κ3) is 4.76. The lowest BCUT2D eigenvalue weighted by Crippen LogP contribution is -2.42. The molecule has 4 aromatic rings. The number of ether oxygens (including phenoxy) is 2. The first-order valence-electron chi connectivity index (χ1n) is 12.1. The van der Waals surface area contributed by atoms with Crippen molar-refractivity contribution in [2.75, 3.05) is 13.2 Å². The Balaban J connectivity index is 1.48. The molecule has 186 valence electrons. The highest BCUT2D eigenvalue weighted by atomic mass is 19.1. The zero-order valence-electron chi connectivity index (χ0n) is 20.6. The molecule has 7 nitrogen and oxygen atoms in total. The number of amides is 1. The van der Waals surface area contributed by atoms with Gasteiger partial charge in [-0.25, -0.2) is 9.18 Å². The van der Waals surface area contributed by atoms with Crippen LogP contribution >= 0.6 is 0 Å². The number of benzene rings is 1. The summed E-state index contributed by atoms with van der Waals surface area (Å²) in [5.74, 6) is 0.207. The van der Waals surface area contributed by atoms with Gasteiger partial charge in [0.1, 0.15) is 23.8 Å². The van der Waals surface area contributed by atoms with Gasteiger partial charge in [-0.3, -0.25) is 9.97 Å². The van der Waals surface area contributed by atoms with Gasteiger partial charge in [-0.2, -0.15) is 0 Å². The molecule has 8 heteroatoms. The van der Waals surface area contributed by atoms with Crippen molar-refractivity contribution in [3.05, 3.63) is 66.9 Å². The van der Waals surface area contributed by atoms with Gasteiger partial charge >= 0.3 is 6.09 Å². The van der Waals surface area contributed by atoms with E-state index >= 15 is 0 Å². The molecule has 1 N–H and O–H groups in total. The molecule has 1 aromatic carbocycles. The summed E-state index contributed by atoms with van der Waals surface area (Å²) >= 11 is 0. The number of pyridine rings is 2. The monoisotopic (exact) mass is 488 g/mol. The third-order valence-electron chi connectivity index (χ3n) is 6.19. The second-order valence-corrected chi connectivity index (χ2v) is 9.91. The number of nitrogens with one attached hydrogen (secondary N) is 1. The first kappa shape index (κ1) is 23.8. The molecule has 1 atom stereocenters. The van der Waals surface area contributed by atoms with Crippen LogP contribution in [-0.4, -0.2) is 50.7 Å². The number of carbonyl (C=O) groups excluding carboxylic acids is 1. The van der Waals surface area contributed by atoms with Gasteiger partial charge in [-0.15, -0.1) is 0 Å². The molecule has 0 spiro atoms. The average Bonchev–Trinajstić information content (AvgIpc) is 3.47. The normalized spacial score (nSPS) is 15.9. The van der Waals surface area contributed by atoms with Crippen LogP contribution in [0.15, 0.2) is 61.1 Å². The molecular weight excluding hydrogens is 459 g/mol. The first-order chi connectivity index (χ1) is 17.3. The van der Waals surface area contributed by atoms with E-state index in [1.165, 1.54) is 6.07 Å². The molecule has 3 aromatic heterocycles. The van der Waals surface area contributed by atoms with Gasteiger partial charge in [0.2, 0.25) is 0 Å². The second kappa shape index (κ2) is 9.60. The molecule has 4 heterocycles. The van der Waals surface area contributed by atoms with Crippen molar-refractivity contribution in [2.24, 2.45) is 0 Å². The summed E-state index contributed by atoms with van der Waals surface area (Å²) in [6, 6.07) is 12.1. The SMILES string of the molecule is CC(C)(C)OC(=O)N1CCC[C@H]1COc1cnccc1-c1[nH]c2cccnc2c1-c1ccccc1F. The number of halogens is 1. The predicted octanol–water partition coefficient (Wildman–Crippen LogP) is 6.21. The van der Waals surface area contributed by atoms with Crippen molar-refractivity contribution in [3.63, 3.8) is 0 Å². The highest BCUT2D eigenvalue weighted by Crippen LogP contribution is 2.41. The predicted molar refractivity (Wildman–Crippen MR) is 136 cm³/mol. The van der Waals surface area contributed by atoms with Crippen molar-refractivity contribution in [1.82, 2.24) is 19.9 Å². The summed E-state index contributed by atoms with van der Waals surface area (Å²) < 4.78 is 26.8. The second-order valence-electron chi connectivity index (χ2n) is 9.91. The lowest BCUT2D eigenvalue weighted by Gasteiger charge is -2.28. The fraction of sp³-hybridized carbons (Fsp3) is 0.321. The minimum Gasteiger partial charge on any atom is -0.489 e. The third-order valence-corrected chi connectivity index (χ3v) is 6.19. The van der Waals surface area contributed by atoms with Crippen LogP contribution < -0.4 is 4.74 Å². The Morgan fingerprint density at radius 1 is 1.14 bits per heavy atom. The Bertz CT molecular complexity index is 1400. The number of H-pyrrole nitrogens is 1. The maximum Gasteiger partial charge on any atom is 0.410 e. The number of likely N-dealkylation sites (tertiary alicyclic amines) is 1. The minimum absolute atomic E-state index is 0.108. The molecule has 0 unspecified atom stereocenters. The molecule has 0 bridgehead atoms. The molecule has 36 heavy (non-hydrogen) atoms. The van der Waals surface area contributed by atoms with E-state index in [-0.39, 0.29) is 18.0 Å². The van der Waals surface area contributed by atoms with E-state index in [9.17, 15) is 9.18 Å². The van der Waals surface area contributed by atoms with Gasteiger partial charge in [0.15, 0.2) is 0 Å². The maximum absolute atomic E-state index is 14.9. The van der Waals surface area contributed by atoms with Crippen LogP contribution in [0.4, 0.5) is 9.18 Å². The Hall–Kier alpha value is -3.94. The minimum atomic E-state index is -0.561. The standard InChI is InChI=1S/C28H29FN4O3/c1-28(2,3)36-27(34)33-15-7-8-18(33)17-35-23-16-30-14-12-20(23)25-24(19-9-4-5-10-21(19)29)26-22(32-25)11-6-13-31-26/h4-6,9-14,16,18,32H,7-8,15,17H2,1-3H3/t18-/m0/s1. The van der Waals surface area contributed by atoms with Crippen LogP contribution in [0, 0.1) is 5.82 Å². The van der Waals surface area contributed by atoms with Crippen molar-refractivity contribution in [2.45, 2.75) is 45.3 Å². The zero-order valence-corrected chi connectivity index (χ0v) is 20.6. The molecule has 1 aliphatic rings. The molecule has 5 rings (SSSR count). The van der Waals surface area contributed by atoms with E-state index < -0.39 is 5.60 Å². The zero-order chi connectivity index (χ0) is 25.3. The van der Waals surface area contributed by atoms with Crippen LogP contribution in [0.3, 0.4) is 0 Å². The summed E-state index contributed by atoms with van der Waals surface area (Å²) in [5.41, 5.74) is 3.45. The molecule has 1 fully saturated rings. The van der Waals surface area contributed by atoms with Crippen LogP contribution in [0.2, 0.25) is 0 Å². The Labute approximate surface area is 209 Å². The van der Waals surface area contributed by atoms with Gasteiger partial charge in [0, 0.05) is 35.6 Å². The summed E-state index contributed by atoms with van der Waals surface area (Å²) in [6.07, 6.45) is 6.40. The smallest absolute Gasteiger partial charge is 0.410 e. The molecule has 0 aliphatic carbocycles. The van der Waals surface area contributed by atoms with Crippen molar-refractivity contribution in [1.29, 1.82) is 0 Å². The Morgan fingerprint density at radius 2 is 1.97 bits per heavy atom.